The molecule has 24 heteroatoms. The molecule has 232 valence electrons. The molecule has 0 aliphatic rings. The van der Waals surface area contributed by atoms with Gasteiger partial charge in [0.1, 0.15) is 9.79 Å². The van der Waals surface area contributed by atoms with Crippen molar-refractivity contribution in [3.63, 3.8) is 0 Å². The molecule has 0 aromatic carbocycles. The second kappa shape index (κ2) is 11.3. The van der Waals surface area contributed by atoms with E-state index in [2.05, 4.69) is 55.6 Å². The van der Waals surface area contributed by atoms with E-state index in [0.29, 0.717) is 0 Å². The number of nitrogen functional groups attached to an aromatic ring is 2. The van der Waals surface area contributed by atoms with Crippen molar-refractivity contribution in [2.75, 3.05) is 11.5 Å². The Morgan fingerprint density at radius 2 is 1.20 bits per heavy atom. The Kier molecular flexibility index (Phi) is 7.71. The van der Waals surface area contributed by atoms with Gasteiger partial charge in [-0.1, -0.05) is 0 Å². The molecule has 45 heavy (non-hydrogen) atoms. The summed E-state index contributed by atoms with van der Waals surface area (Å²) in [5.74, 6) is -0.708. The fourth-order valence-corrected chi connectivity index (χ4v) is 4.41. The Labute approximate surface area is 251 Å². The molecule has 0 atom stereocenters. The summed E-state index contributed by atoms with van der Waals surface area (Å²) in [5.41, 5.74) is 12.2. The minimum absolute atomic E-state index is 0.00457. The molecule has 0 radical (unpaired) electrons. The van der Waals surface area contributed by atoms with Gasteiger partial charge < -0.3 is 11.5 Å². The summed E-state index contributed by atoms with van der Waals surface area (Å²) in [6.45, 7) is 3.09. The Morgan fingerprint density at radius 3 is 1.64 bits per heavy atom. The average molecular weight is 658 g/mol. The number of H-pyrrole nitrogens is 1. The lowest BCUT2D eigenvalue weighted by molar-refractivity contribution is 0.480. The number of azo groups is 2. The summed E-state index contributed by atoms with van der Waals surface area (Å²) in [4.78, 5) is 29.7. The summed E-state index contributed by atoms with van der Waals surface area (Å²) in [6, 6.07) is 4.57. The normalized spacial score (nSPS) is 12.4. The fraction of sp³-hybridized carbons (Fsp3) is 0.0952. The number of nitrogens with two attached hydrogens (primary N) is 2. The number of hydrogen-bond donors (Lipinski definition) is 5. The van der Waals surface area contributed by atoms with Crippen molar-refractivity contribution >= 4 is 54.9 Å². The maximum atomic E-state index is 12.5. The van der Waals surface area contributed by atoms with Crippen molar-refractivity contribution in [3.8, 4) is 11.9 Å². The maximum Gasteiger partial charge on any atom is 0.351 e. The molecule has 0 bridgehead atoms. The number of anilines is 2. The van der Waals surface area contributed by atoms with Gasteiger partial charge in [0.15, 0.2) is 34.6 Å². The second-order valence-electron chi connectivity index (χ2n) is 8.79. The first-order valence-electron chi connectivity index (χ1n) is 12.0. The third kappa shape index (κ3) is 6.42. The van der Waals surface area contributed by atoms with Gasteiger partial charge in [-0.2, -0.15) is 46.4 Å². The molecule has 0 fully saturated rings. The molecule has 0 saturated heterocycles. The molecule has 0 aliphatic carbocycles. The zero-order chi connectivity index (χ0) is 32.7. The lowest BCUT2D eigenvalue weighted by Crippen LogP contribution is -2.22. The van der Waals surface area contributed by atoms with Crippen LogP contribution in [-0.4, -0.2) is 70.4 Å². The van der Waals surface area contributed by atoms with Gasteiger partial charge in [0, 0.05) is 0 Å². The van der Waals surface area contributed by atoms with Crippen molar-refractivity contribution in [3.05, 3.63) is 58.5 Å². The zero-order valence-corrected chi connectivity index (χ0v) is 24.4. The topological polar surface area (TPSA) is 330 Å². The predicted octanol–water partition coefficient (Wildman–Crippen LogP) is 1.43. The van der Waals surface area contributed by atoms with E-state index in [9.17, 15) is 21.6 Å². The number of aryl methyl sites for hydroxylation is 2. The largest absolute Gasteiger partial charge is 0.382 e. The van der Waals surface area contributed by atoms with Crippen molar-refractivity contribution < 1.29 is 25.9 Å². The van der Waals surface area contributed by atoms with Crippen LogP contribution in [0.4, 0.5) is 34.6 Å². The lowest BCUT2D eigenvalue weighted by Gasteiger charge is -2.06. The van der Waals surface area contributed by atoms with Gasteiger partial charge in [-0.3, -0.25) is 14.1 Å². The van der Waals surface area contributed by atoms with Gasteiger partial charge in [-0.15, -0.1) is 20.5 Å². The molecular formula is C21H19N15O7S2. The van der Waals surface area contributed by atoms with E-state index in [1.165, 1.54) is 12.1 Å². The first kappa shape index (κ1) is 30.6. The number of aromatic nitrogens is 9. The fourth-order valence-electron chi connectivity index (χ4n) is 3.56. The van der Waals surface area contributed by atoms with Crippen LogP contribution in [0.2, 0.25) is 0 Å². The third-order valence-corrected chi connectivity index (χ3v) is 7.36. The molecule has 7 N–H and O–H groups in total. The molecule has 0 amide bonds. The monoisotopic (exact) mass is 657 g/mol. The van der Waals surface area contributed by atoms with Crippen LogP contribution in [0.5, 0.6) is 0 Å². The van der Waals surface area contributed by atoms with Crippen LogP contribution < -0.4 is 17.2 Å². The Balaban J connectivity index is 1.45. The Hall–Kier alpha value is -5.85. The molecular weight excluding hydrogens is 638 g/mol. The van der Waals surface area contributed by atoms with Crippen LogP contribution in [0.25, 0.3) is 11.9 Å². The van der Waals surface area contributed by atoms with Gasteiger partial charge in [-0.05, 0) is 38.1 Å². The van der Waals surface area contributed by atoms with E-state index in [0.717, 1.165) is 33.9 Å². The third-order valence-electron chi connectivity index (χ3n) is 5.69. The first-order valence-corrected chi connectivity index (χ1v) is 14.9. The van der Waals surface area contributed by atoms with Crippen LogP contribution in [0.15, 0.2) is 71.7 Å². The molecule has 5 aromatic rings. The standard InChI is InChI=1S/C21H19N15O7S2/c1-9-15(31-29-13-5-3-11(7-24-13)44(38,39)40)17(22)35(33-9)19-26-20(28-21(37)27-19)36-18(23)16(10(2)34-36)32-30-14-6-4-12(8-25-14)45(41,42)43/h3-8H,22-23H2,1-2H3,(H,38,39,40)(H,41,42,43)(H,26,27,28,37). The van der Waals surface area contributed by atoms with Crippen LogP contribution in [0.1, 0.15) is 11.4 Å². The van der Waals surface area contributed by atoms with Gasteiger partial charge in [-0.25, -0.2) is 14.8 Å². The second-order valence-corrected chi connectivity index (χ2v) is 11.6. The number of aromatic amines is 1. The number of pyridine rings is 2. The Bertz CT molecular complexity index is 2120. The highest BCUT2D eigenvalue weighted by Gasteiger charge is 2.20. The SMILES string of the molecule is Cc1nn(-c2nc(-n3nc(C)c(N=Nc4ccc(S(=O)(=O)O)cn4)c3N)[nH]c(=O)n2)c(N)c1N=Nc1ccc(S(=O)(=O)O)cn1. The predicted molar refractivity (Wildman–Crippen MR) is 152 cm³/mol. The summed E-state index contributed by atoms with van der Waals surface area (Å²) >= 11 is 0. The van der Waals surface area contributed by atoms with Crippen LogP contribution >= 0.6 is 0 Å². The number of nitrogens with one attached hydrogen (secondary N) is 1. The zero-order valence-electron chi connectivity index (χ0n) is 22.7. The average Bonchev–Trinajstić information content (AvgIpc) is 3.42. The van der Waals surface area contributed by atoms with Gasteiger partial charge in [0.05, 0.1) is 23.8 Å². The molecule has 0 unspecified atom stereocenters. The molecule has 0 spiro atoms. The highest BCUT2D eigenvalue weighted by atomic mass is 32.2. The lowest BCUT2D eigenvalue weighted by atomic mass is 10.4. The van der Waals surface area contributed by atoms with Gasteiger partial charge >= 0.3 is 5.69 Å². The minimum Gasteiger partial charge on any atom is -0.382 e. The Morgan fingerprint density at radius 1 is 0.733 bits per heavy atom. The molecule has 5 heterocycles. The molecule has 5 aromatic heterocycles. The van der Waals surface area contributed by atoms with E-state index in [1.807, 2.05) is 0 Å². The smallest absolute Gasteiger partial charge is 0.351 e. The summed E-state index contributed by atoms with van der Waals surface area (Å²) in [7, 11) is -8.88. The van der Waals surface area contributed by atoms with Crippen molar-refractivity contribution in [2.45, 2.75) is 23.6 Å². The molecule has 0 saturated carbocycles. The summed E-state index contributed by atoms with van der Waals surface area (Å²) in [6.07, 6.45) is 1.79. The maximum absolute atomic E-state index is 12.5. The molecule has 22 nitrogen and oxygen atoms in total. The summed E-state index contributed by atoms with van der Waals surface area (Å²) in [5, 5.41) is 24.2. The van der Waals surface area contributed by atoms with Crippen molar-refractivity contribution in [2.24, 2.45) is 20.5 Å². The molecule has 0 aliphatic heterocycles. The van der Waals surface area contributed by atoms with E-state index >= 15 is 0 Å². The van der Waals surface area contributed by atoms with Crippen LogP contribution in [0.3, 0.4) is 0 Å². The number of nitrogens with zero attached hydrogens (tertiary/aromatic N) is 12. The highest BCUT2D eigenvalue weighted by Crippen LogP contribution is 2.31. The minimum atomic E-state index is -4.44. The van der Waals surface area contributed by atoms with Gasteiger partial charge in [0.2, 0.25) is 5.95 Å². The van der Waals surface area contributed by atoms with Crippen LogP contribution in [-0.2, 0) is 20.2 Å². The van der Waals surface area contributed by atoms with E-state index < -0.39 is 35.7 Å². The number of rotatable bonds is 8. The first-order chi connectivity index (χ1) is 21.1. The van der Waals surface area contributed by atoms with Gasteiger partial charge in [0.25, 0.3) is 26.2 Å². The van der Waals surface area contributed by atoms with Crippen molar-refractivity contribution in [1.82, 2.24) is 44.5 Å². The van der Waals surface area contributed by atoms with E-state index in [4.69, 9.17) is 20.6 Å². The van der Waals surface area contributed by atoms with Crippen molar-refractivity contribution in [1.29, 1.82) is 0 Å². The number of hydrogen-bond acceptors (Lipinski definition) is 17. The summed E-state index contributed by atoms with van der Waals surface area (Å²) < 4.78 is 65.0. The van der Waals surface area contributed by atoms with Crippen LogP contribution in [0, 0.1) is 13.8 Å². The highest BCUT2D eigenvalue weighted by molar-refractivity contribution is 7.86. The van der Waals surface area contributed by atoms with E-state index in [-0.39, 0.29) is 57.9 Å². The molecule has 5 rings (SSSR count). The van der Waals surface area contributed by atoms with E-state index in [1.54, 1.807) is 13.8 Å². The quantitative estimate of drug-likeness (QED) is 0.116.